The average Bonchev–Trinajstić information content (AvgIpc) is 3.39. The number of Topliss-reactive ketones (excluding diaryl/α,β-unsaturated/α-hetero) is 1. The number of ether oxygens (including phenoxy) is 2. The minimum Gasteiger partial charge on any atom is -0.491 e. The molecule has 0 saturated heterocycles. The van der Waals surface area contributed by atoms with Crippen LogP contribution in [0, 0.1) is 6.92 Å². The van der Waals surface area contributed by atoms with Crippen LogP contribution in [0.1, 0.15) is 71.1 Å². The van der Waals surface area contributed by atoms with Crippen molar-refractivity contribution in [3.63, 3.8) is 0 Å². The van der Waals surface area contributed by atoms with Gasteiger partial charge < -0.3 is 19.6 Å². The van der Waals surface area contributed by atoms with E-state index in [0.717, 1.165) is 11.1 Å². The number of aryl methyl sites for hydroxylation is 1. The number of halogens is 1. The second-order valence-electron chi connectivity index (χ2n) is 9.99. The first kappa shape index (κ1) is 28.0. The molecular weight excluding hydrogens is 514 g/mol. The molecule has 2 N–H and O–H groups in total. The summed E-state index contributed by atoms with van der Waals surface area (Å²) >= 11 is 6.62. The average molecular weight is 546 g/mol. The van der Waals surface area contributed by atoms with Gasteiger partial charge in [0.25, 0.3) is 0 Å². The zero-order chi connectivity index (χ0) is 28.3. The van der Waals surface area contributed by atoms with Crippen molar-refractivity contribution in [3.8, 4) is 22.6 Å². The lowest BCUT2D eigenvalue weighted by molar-refractivity contribution is 0.0696. The van der Waals surface area contributed by atoms with Gasteiger partial charge in [-0.05, 0) is 99.8 Å². The fourth-order valence-corrected chi connectivity index (χ4v) is 4.78. The zero-order valence-corrected chi connectivity index (χ0v) is 23.4. The van der Waals surface area contributed by atoms with Crippen molar-refractivity contribution >= 4 is 23.4 Å². The van der Waals surface area contributed by atoms with Crippen molar-refractivity contribution in [2.45, 2.75) is 52.7 Å². The number of ketones is 1. The van der Waals surface area contributed by atoms with Gasteiger partial charge in [0.15, 0.2) is 5.78 Å². The topological polar surface area (TPSA) is 88.6 Å². The summed E-state index contributed by atoms with van der Waals surface area (Å²) in [5.41, 5.74) is 4.07. The van der Waals surface area contributed by atoms with Crippen LogP contribution in [0.5, 0.6) is 11.5 Å². The summed E-state index contributed by atoms with van der Waals surface area (Å²) in [6, 6.07) is 19.7. The van der Waals surface area contributed by atoms with E-state index in [9.17, 15) is 14.7 Å². The molecule has 6 nitrogen and oxygen atoms in total. The monoisotopic (exact) mass is 545 g/mol. The van der Waals surface area contributed by atoms with Crippen LogP contribution in [-0.2, 0) is 0 Å². The number of carboxylic acid groups (broad SMARTS) is 1. The summed E-state index contributed by atoms with van der Waals surface area (Å²) in [5.74, 6) is -0.814. The fourth-order valence-electron chi connectivity index (χ4n) is 4.52. The predicted octanol–water partition coefficient (Wildman–Crippen LogP) is 7.93. The molecule has 7 heteroatoms. The van der Waals surface area contributed by atoms with E-state index in [1.165, 1.54) is 0 Å². The maximum atomic E-state index is 14.2. The summed E-state index contributed by atoms with van der Waals surface area (Å²) in [4.78, 5) is 29.2. The number of carbonyl (C=O) groups excluding carboxylic acids is 1. The number of carbonyl (C=O) groups is 2. The Morgan fingerprint density at radius 1 is 0.846 bits per heavy atom. The Morgan fingerprint density at radius 2 is 1.54 bits per heavy atom. The zero-order valence-electron chi connectivity index (χ0n) is 22.6. The van der Waals surface area contributed by atoms with Crippen LogP contribution in [-0.4, -0.2) is 34.1 Å². The van der Waals surface area contributed by atoms with E-state index in [0.29, 0.717) is 38.9 Å². The van der Waals surface area contributed by atoms with Crippen LogP contribution in [0.25, 0.3) is 11.1 Å². The van der Waals surface area contributed by atoms with Crippen molar-refractivity contribution in [1.82, 2.24) is 4.98 Å². The molecule has 1 aromatic heterocycles. The van der Waals surface area contributed by atoms with Gasteiger partial charge >= 0.3 is 5.97 Å². The summed E-state index contributed by atoms with van der Waals surface area (Å²) < 4.78 is 11.9. The summed E-state index contributed by atoms with van der Waals surface area (Å²) in [6.07, 6.45) is 1.60. The van der Waals surface area contributed by atoms with E-state index in [-0.39, 0.29) is 23.6 Å². The maximum Gasteiger partial charge on any atom is 0.335 e. The Kier molecular flexibility index (Phi) is 8.46. The molecule has 0 amide bonds. The largest absolute Gasteiger partial charge is 0.491 e. The molecule has 0 aliphatic carbocycles. The van der Waals surface area contributed by atoms with Gasteiger partial charge in [0.1, 0.15) is 11.5 Å². The van der Waals surface area contributed by atoms with Crippen LogP contribution < -0.4 is 9.47 Å². The molecule has 0 saturated carbocycles. The molecular formula is C32H32ClNO5. The first-order valence-corrected chi connectivity index (χ1v) is 13.2. The number of hydrogen-bond acceptors (Lipinski definition) is 4. The summed E-state index contributed by atoms with van der Waals surface area (Å²) in [6.45, 7) is 9.45. The van der Waals surface area contributed by atoms with Crippen molar-refractivity contribution in [2.24, 2.45) is 0 Å². The standard InChI is InChI=1S/C32H32ClNO5/c1-18(2)38-23-11-12-24(27(33)17-23)31(35)30(28-7-6-14-34-28)26-16-22(10-13-29(26)39-19(3)4)21-9-8-20(5)25(15-21)32(36)37/h6-19,30,34H,1-5H3,(H,36,37). The van der Waals surface area contributed by atoms with E-state index in [1.807, 2.05) is 64.1 Å². The third-order valence-corrected chi connectivity index (χ3v) is 6.57. The van der Waals surface area contributed by atoms with Crippen LogP contribution in [0.2, 0.25) is 5.02 Å². The molecule has 202 valence electrons. The number of aromatic carboxylic acids is 1. The normalized spacial score (nSPS) is 12.0. The van der Waals surface area contributed by atoms with Crippen LogP contribution in [0.15, 0.2) is 72.9 Å². The van der Waals surface area contributed by atoms with Gasteiger partial charge in [-0.1, -0.05) is 29.8 Å². The van der Waals surface area contributed by atoms with E-state index >= 15 is 0 Å². The Morgan fingerprint density at radius 3 is 2.15 bits per heavy atom. The number of hydrogen-bond donors (Lipinski definition) is 2. The van der Waals surface area contributed by atoms with Gasteiger partial charge in [-0.25, -0.2) is 4.79 Å². The lowest BCUT2D eigenvalue weighted by Crippen LogP contribution is -2.18. The Labute approximate surface area is 233 Å². The number of nitrogens with one attached hydrogen (secondary N) is 1. The van der Waals surface area contributed by atoms with Gasteiger partial charge in [-0.2, -0.15) is 0 Å². The van der Waals surface area contributed by atoms with Crippen molar-refractivity contribution < 1.29 is 24.2 Å². The van der Waals surface area contributed by atoms with Crippen molar-refractivity contribution in [1.29, 1.82) is 0 Å². The summed E-state index contributed by atoms with van der Waals surface area (Å²) in [7, 11) is 0. The molecule has 4 rings (SSSR count). The number of benzene rings is 3. The number of aromatic nitrogens is 1. The minimum absolute atomic E-state index is 0.0313. The molecule has 1 atom stereocenters. The molecule has 4 aromatic rings. The van der Waals surface area contributed by atoms with Crippen molar-refractivity contribution in [2.75, 3.05) is 0 Å². The van der Waals surface area contributed by atoms with E-state index in [4.69, 9.17) is 21.1 Å². The fraction of sp³-hybridized carbons (Fsp3) is 0.250. The van der Waals surface area contributed by atoms with Gasteiger partial charge in [0, 0.05) is 23.0 Å². The van der Waals surface area contributed by atoms with Gasteiger partial charge in [0.2, 0.25) is 0 Å². The minimum atomic E-state index is -0.992. The van der Waals surface area contributed by atoms with Crippen molar-refractivity contribution in [3.05, 3.63) is 106 Å². The third-order valence-electron chi connectivity index (χ3n) is 6.26. The van der Waals surface area contributed by atoms with E-state index < -0.39 is 11.9 Å². The first-order valence-electron chi connectivity index (χ1n) is 12.8. The lowest BCUT2D eigenvalue weighted by Gasteiger charge is -2.22. The highest BCUT2D eigenvalue weighted by Crippen LogP contribution is 2.39. The molecule has 0 aliphatic rings. The molecule has 1 unspecified atom stereocenters. The molecule has 0 radical (unpaired) electrons. The van der Waals surface area contributed by atoms with Crippen LogP contribution in [0.4, 0.5) is 0 Å². The number of carboxylic acids is 1. The second-order valence-corrected chi connectivity index (χ2v) is 10.4. The van der Waals surface area contributed by atoms with Crippen LogP contribution >= 0.6 is 11.6 Å². The van der Waals surface area contributed by atoms with Gasteiger partial charge in [-0.15, -0.1) is 0 Å². The summed E-state index contributed by atoms with van der Waals surface area (Å²) in [5, 5.41) is 9.94. The third kappa shape index (κ3) is 6.35. The molecule has 3 aromatic carbocycles. The maximum absolute atomic E-state index is 14.2. The van der Waals surface area contributed by atoms with Crippen LogP contribution in [0.3, 0.4) is 0 Å². The van der Waals surface area contributed by atoms with Gasteiger partial charge in [-0.3, -0.25) is 4.79 Å². The quantitative estimate of drug-likeness (QED) is 0.197. The number of rotatable bonds is 10. The highest BCUT2D eigenvalue weighted by molar-refractivity contribution is 6.34. The first-order chi connectivity index (χ1) is 18.5. The van der Waals surface area contributed by atoms with E-state index in [1.54, 1.807) is 43.5 Å². The molecule has 0 aliphatic heterocycles. The predicted molar refractivity (Wildman–Crippen MR) is 154 cm³/mol. The number of aromatic amines is 1. The highest BCUT2D eigenvalue weighted by Gasteiger charge is 2.30. The molecule has 39 heavy (non-hydrogen) atoms. The van der Waals surface area contributed by atoms with E-state index in [2.05, 4.69) is 4.98 Å². The molecule has 0 spiro atoms. The molecule has 1 heterocycles. The smallest absolute Gasteiger partial charge is 0.335 e. The number of H-pyrrole nitrogens is 1. The molecule has 0 bridgehead atoms. The Balaban J connectivity index is 1.88. The molecule has 0 fully saturated rings. The highest BCUT2D eigenvalue weighted by atomic mass is 35.5. The van der Waals surface area contributed by atoms with Gasteiger partial charge in [0.05, 0.1) is 28.7 Å². The SMILES string of the molecule is Cc1ccc(-c2ccc(OC(C)C)c(C(C(=O)c3ccc(OC(C)C)cc3Cl)c3ccc[nH]3)c2)cc1C(=O)O. The Bertz CT molecular complexity index is 1490. The second kappa shape index (κ2) is 11.8. The Hall–Kier alpha value is -4.03. The lowest BCUT2D eigenvalue weighted by atomic mass is 9.85.